The number of fused-ring (bicyclic) bond motifs is 5. The van der Waals surface area contributed by atoms with E-state index in [1.807, 2.05) is 18.2 Å². The summed E-state index contributed by atoms with van der Waals surface area (Å²) in [5, 5.41) is 18.2. The molecule has 2 aromatic heterocycles. The van der Waals surface area contributed by atoms with Crippen molar-refractivity contribution in [1.82, 2.24) is 14.9 Å². The van der Waals surface area contributed by atoms with E-state index in [4.69, 9.17) is 20.0 Å². The highest BCUT2D eigenvalue weighted by Crippen LogP contribution is 2.38. The molecule has 11 nitrogen and oxygen atoms in total. The van der Waals surface area contributed by atoms with Crippen molar-refractivity contribution in [3.63, 3.8) is 0 Å². The number of carbonyl (C=O) groups is 1. The van der Waals surface area contributed by atoms with Crippen LogP contribution in [-0.2, 0) is 29.2 Å². The van der Waals surface area contributed by atoms with Crippen LogP contribution < -0.4 is 15.6 Å². The zero-order valence-corrected chi connectivity index (χ0v) is 18.4. The number of nitrogens with zero attached hydrogens (tertiary/aromatic N) is 5. The number of azide groups is 1. The van der Waals surface area contributed by atoms with Crippen molar-refractivity contribution in [3.05, 3.63) is 67.3 Å². The fraction of sp³-hybridized carbons (Fsp3) is 0.348. The Morgan fingerprint density at radius 3 is 3.00 bits per heavy atom. The molecule has 2 N–H and O–H groups in total. The lowest BCUT2D eigenvalue weighted by molar-refractivity contribution is -0.157. The molecule has 0 saturated carbocycles. The highest BCUT2D eigenvalue weighted by Gasteiger charge is 2.34. The highest BCUT2D eigenvalue weighted by atomic mass is 16.5. The molecular weight excluding hydrogens is 440 g/mol. The first-order chi connectivity index (χ1) is 16.5. The average Bonchev–Trinajstić information content (AvgIpc) is 3.21. The summed E-state index contributed by atoms with van der Waals surface area (Å²) in [6.45, 7) is 1.72. The molecule has 3 aromatic rings. The van der Waals surface area contributed by atoms with Crippen molar-refractivity contribution in [3.8, 4) is 17.1 Å². The van der Waals surface area contributed by atoms with Crippen LogP contribution in [-0.4, -0.2) is 40.8 Å². The topological polar surface area (TPSA) is 151 Å². The van der Waals surface area contributed by atoms with Gasteiger partial charge < -0.3 is 24.5 Å². The molecule has 34 heavy (non-hydrogen) atoms. The molecule has 0 aliphatic carbocycles. The Bertz CT molecular complexity index is 1430. The number of carbonyl (C=O) groups excluding carboxylic acids is 1. The molecule has 1 atom stereocenters. The lowest BCUT2D eigenvalue weighted by Crippen LogP contribution is -2.32. The maximum absolute atomic E-state index is 13.2. The number of nitrogens with one attached hydrogen (secondary N) is 1. The van der Waals surface area contributed by atoms with Crippen LogP contribution in [0.1, 0.15) is 34.8 Å². The SMILES string of the molecule is COc1ccc2nc3c(c(CNCCCN=[N+]=[N-])c2c1)Cn1c-3cc2c(c1=O)COC(=O)[C@H]2O. The first-order valence-electron chi connectivity index (χ1n) is 10.9. The maximum Gasteiger partial charge on any atom is 0.340 e. The molecule has 0 unspecified atom stereocenters. The molecule has 0 amide bonds. The number of aliphatic hydroxyl groups excluding tert-OH is 1. The third-order valence-electron chi connectivity index (χ3n) is 6.26. The predicted molar refractivity (Wildman–Crippen MR) is 122 cm³/mol. The molecular formula is C23H22N6O5. The predicted octanol–water partition coefficient (Wildman–Crippen LogP) is 2.31. The lowest BCUT2D eigenvalue weighted by atomic mass is 9.98. The number of benzene rings is 1. The summed E-state index contributed by atoms with van der Waals surface area (Å²) >= 11 is 0. The molecule has 0 saturated heterocycles. The number of ether oxygens (including phenoxy) is 2. The second kappa shape index (κ2) is 8.79. The van der Waals surface area contributed by atoms with Crippen LogP contribution in [0, 0.1) is 0 Å². The van der Waals surface area contributed by atoms with Crippen LogP contribution >= 0.6 is 0 Å². The van der Waals surface area contributed by atoms with E-state index >= 15 is 0 Å². The van der Waals surface area contributed by atoms with Gasteiger partial charge in [-0.05, 0) is 48.3 Å². The molecule has 1 aromatic carbocycles. The quantitative estimate of drug-likeness (QED) is 0.141. The van der Waals surface area contributed by atoms with Gasteiger partial charge in [0.05, 0.1) is 36.1 Å². The van der Waals surface area contributed by atoms with E-state index in [9.17, 15) is 14.7 Å². The lowest BCUT2D eigenvalue weighted by Gasteiger charge is -2.21. The minimum atomic E-state index is -1.49. The first kappa shape index (κ1) is 21.9. The van der Waals surface area contributed by atoms with Crippen molar-refractivity contribution < 1.29 is 19.4 Å². The van der Waals surface area contributed by atoms with Gasteiger partial charge in [-0.25, -0.2) is 9.78 Å². The van der Waals surface area contributed by atoms with E-state index < -0.39 is 12.1 Å². The van der Waals surface area contributed by atoms with Gasteiger partial charge in [-0.3, -0.25) is 4.79 Å². The highest BCUT2D eigenvalue weighted by molar-refractivity contribution is 5.89. The monoisotopic (exact) mass is 462 g/mol. The van der Waals surface area contributed by atoms with Gasteiger partial charge in [0.25, 0.3) is 5.56 Å². The Hall–Kier alpha value is -3.92. The molecule has 2 aliphatic heterocycles. The van der Waals surface area contributed by atoms with Crippen LogP contribution in [0.4, 0.5) is 0 Å². The van der Waals surface area contributed by atoms with Gasteiger partial charge in [-0.1, -0.05) is 5.11 Å². The number of hydrogen-bond acceptors (Lipinski definition) is 8. The van der Waals surface area contributed by atoms with E-state index in [-0.39, 0.29) is 23.3 Å². The summed E-state index contributed by atoms with van der Waals surface area (Å²) in [7, 11) is 1.60. The van der Waals surface area contributed by atoms with Crippen molar-refractivity contribution >= 4 is 16.9 Å². The maximum atomic E-state index is 13.2. The van der Waals surface area contributed by atoms with Crippen molar-refractivity contribution in [2.75, 3.05) is 20.2 Å². The van der Waals surface area contributed by atoms with Crippen molar-refractivity contribution in [2.45, 2.75) is 32.2 Å². The summed E-state index contributed by atoms with van der Waals surface area (Å²) in [4.78, 5) is 32.7. The summed E-state index contributed by atoms with van der Waals surface area (Å²) in [6.07, 6.45) is -0.801. The minimum absolute atomic E-state index is 0.160. The fourth-order valence-electron chi connectivity index (χ4n) is 4.55. The minimum Gasteiger partial charge on any atom is -0.497 e. The fourth-order valence-corrected chi connectivity index (χ4v) is 4.55. The van der Waals surface area contributed by atoms with Crippen LogP contribution in [0.25, 0.3) is 32.7 Å². The smallest absolute Gasteiger partial charge is 0.340 e. The van der Waals surface area contributed by atoms with Gasteiger partial charge in [-0.2, -0.15) is 0 Å². The van der Waals surface area contributed by atoms with Crippen LogP contribution in [0.15, 0.2) is 34.2 Å². The number of pyridine rings is 2. The van der Waals surface area contributed by atoms with E-state index in [0.717, 1.165) is 22.0 Å². The molecule has 0 spiro atoms. The van der Waals surface area contributed by atoms with Gasteiger partial charge in [0.2, 0.25) is 0 Å². The molecule has 174 valence electrons. The third-order valence-corrected chi connectivity index (χ3v) is 6.26. The van der Waals surface area contributed by atoms with Gasteiger partial charge in [-0.15, -0.1) is 0 Å². The number of aliphatic hydroxyl groups is 1. The van der Waals surface area contributed by atoms with Crippen molar-refractivity contribution in [1.29, 1.82) is 0 Å². The number of hydrogen-bond donors (Lipinski definition) is 2. The molecule has 0 radical (unpaired) electrons. The molecule has 11 heteroatoms. The molecule has 2 aliphatic rings. The Morgan fingerprint density at radius 2 is 2.21 bits per heavy atom. The van der Waals surface area contributed by atoms with Gasteiger partial charge >= 0.3 is 5.97 Å². The standard InChI is InChI=1S/C23H22N6O5/c1-33-12-3-4-18-13(7-12)15(9-25-5-2-6-26-28-24)16-10-29-19(20(16)27-18)8-14-17(22(29)31)11-34-23(32)21(14)30/h3-4,7-8,21,25,30H,2,5-6,9-11H2,1H3/t21-/m0/s1. The molecule has 4 heterocycles. The second-order valence-corrected chi connectivity index (χ2v) is 8.15. The van der Waals surface area contributed by atoms with Crippen LogP contribution in [0.5, 0.6) is 5.75 Å². The Labute approximate surface area is 193 Å². The summed E-state index contributed by atoms with van der Waals surface area (Å²) in [6, 6.07) is 7.29. The third kappa shape index (κ3) is 3.56. The molecule has 0 bridgehead atoms. The van der Waals surface area contributed by atoms with Crippen molar-refractivity contribution in [2.24, 2.45) is 5.11 Å². The average molecular weight is 462 g/mol. The van der Waals surface area contributed by atoms with E-state index in [0.29, 0.717) is 49.7 Å². The number of esters is 1. The zero-order chi connectivity index (χ0) is 23.8. The number of cyclic esters (lactones) is 1. The Kier molecular flexibility index (Phi) is 5.66. The van der Waals surface area contributed by atoms with Gasteiger partial charge in [0.1, 0.15) is 12.4 Å². The Morgan fingerprint density at radius 1 is 1.35 bits per heavy atom. The second-order valence-electron chi connectivity index (χ2n) is 8.15. The number of methoxy groups -OCH3 is 1. The first-order valence-corrected chi connectivity index (χ1v) is 10.9. The van der Waals surface area contributed by atoms with Crippen LogP contribution in [0.3, 0.4) is 0 Å². The largest absolute Gasteiger partial charge is 0.497 e. The molecule has 0 fully saturated rings. The Balaban J connectivity index is 1.62. The van der Waals surface area contributed by atoms with Crippen LogP contribution in [0.2, 0.25) is 0 Å². The number of rotatable bonds is 7. The summed E-state index contributed by atoms with van der Waals surface area (Å²) in [5.41, 5.74) is 12.5. The van der Waals surface area contributed by atoms with Gasteiger partial charge in [0, 0.05) is 34.5 Å². The number of aromatic nitrogens is 2. The van der Waals surface area contributed by atoms with Gasteiger partial charge in [0.15, 0.2) is 6.10 Å². The zero-order valence-electron chi connectivity index (χ0n) is 18.4. The summed E-state index contributed by atoms with van der Waals surface area (Å²) < 4.78 is 12.0. The molecule has 5 rings (SSSR count). The summed E-state index contributed by atoms with van der Waals surface area (Å²) in [5.74, 6) is -0.0694. The van der Waals surface area contributed by atoms with E-state index in [1.54, 1.807) is 17.7 Å². The van der Waals surface area contributed by atoms with E-state index in [2.05, 4.69) is 15.3 Å². The van der Waals surface area contributed by atoms with E-state index in [1.165, 1.54) is 0 Å². The normalized spacial score (nSPS) is 15.8.